The number of hydrogen-bond donors (Lipinski definition) is 0. The van der Waals surface area contributed by atoms with Crippen molar-refractivity contribution in [3.63, 3.8) is 0 Å². The molecule has 0 aliphatic rings. The predicted octanol–water partition coefficient (Wildman–Crippen LogP) is 9.23. The summed E-state index contributed by atoms with van der Waals surface area (Å²) in [6.07, 6.45) is 7.27. The molecule has 0 saturated carbocycles. The highest BCUT2D eigenvalue weighted by atomic mass is 16.6. The summed E-state index contributed by atoms with van der Waals surface area (Å²) in [6, 6.07) is 24.7. The van der Waals surface area contributed by atoms with Gasteiger partial charge in [-0.3, -0.25) is 30.2 Å². The molecular weight excluding hydrogens is 568 g/mol. The largest absolute Gasteiger partial charge is 0.279 e. The summed E-state index contributed by atoms with van der Waals surface area (Å²) in [5, 5.41) is 25.4. The molecule has 4 aromatic heterocycles. The number of hydrogen-bond acceptors (Lipinski definition) is 8. The molecule has 0 amide bonds. The molecule has 0 atom stereocenters. The van der Waals surface area contributed by atoms with E-state index >= 15 is 0 Å². The minimum Gasteiger partial charge on any atom is -0.258 e. The number of non-ortho nitro benzene ring substituents is 2. The van der Waals surface area contributed by atoms with Crippen molar-refractivity contribution >= 4 is 55.0 Å². The zero-order valence-corrected chi connectivity index (χ0v) is 24.7. The molecular formula is C35H28N6O4. The van der Waals surface area contributed by atoms with E-state index in [0.717, 1.165) is 11.1 Å². The minimum absolute atomic E-state index is 0.0122. The quantitative estimate of drug-likeness (QED) is 0.105. The van der Waals surface area contributed by atoms with Gasteiger partial charge in [-0.15, -0.1) is 0 Å². The van der Waals surface area contributed by atoms with Crippen molar-refractivity contribution in [1.82, 2.24) is 19.9 Å². The Hall–Kier alpha value is -5.90. The normalized spacial score (nSPS) is 11.1. The topological polar surface area (TPSA) is 138 Å². The van der Waals surface area contributed by atoms with Crippen LogP contribution in [0.3, 0.4) is 0 Å². The Balaban J connectivity index is 0.000000664. The summed E-state index contributed by atoms with van der Waals surface area (Å²) in [6.45, 7) is 4.42. The van der Waals surface area contributed by atoms with Crippen molar-refractivity contribution in [3.05, 3.63) is 118 Å². The average Bonchev–Trinajstić information content (AvgIpc) is 3.07. The SMILES string of the molecule is CCCCC.O=[N+]([O-])c1cc2ccc(-c3cccc(-c4ccc5cc([N+](=O)[O-])c6cccnc6c5n4)c3)nc2c2ncccc12. The number of unbranched alkanes of at least 4 members (excludes halogenated alkanes) is 2. The summed E-state index contributed by atoms with van der Waals surface area (Å²) in [4.78, 5) is 40.9. The van der Waals surface area contributed by atoms with Crippen LogP contribution < -0.4 is 0 Å². The lowest BCUT2D eigenvalue weighted by atomic mass is 10.0. The average molecular weight is 597 g/mol. The molecule has 7 rings (SSSR count). The van der Waals surface area contributed by atoms with Crippen molar-refractivity contribution in [2.24, 2.45) is 0 Å². The van der Waals surface area contributed by atoms with Gasteiger partial charge in [0.2, 0.25) is 0 Å². The van der Waals surface area contributed by atoms with E-state index in [1.165, 1.54) is 31.4 Å². The second-order valence-corrected chi connectivity index (χ2v) is 10.6. The third-order valence-electron chi connectivity index (χ3n) is 7.61. The molecule has 10 heteroatoms. The van der Waals surface area contributed by atoms with Crippen molar-refractivity contribution in [3.8, 4) is 22.5 Å². The number of fused-ring (bicyclic) bond motifs is 6. The lowest BCUT2D eigenvalue weighted by Gasteiger charge is -2.09. The maximum Gasteiger partial charge on any atom is 0.279 e. The molecule has 0 radical (unpaired) electrons. The summed E-state index contributed by atoms with van der Waals surface area (Å²) in [7, 11) is 0. The van der Waals surface area contributed by atoms with Gasteiger partial charge in [-0.05, 0) is 42.5 Å². The second kappa shape index (κ2) is 12.4. The molecule has 0 spiro atoms. The predicted molar refractivity (Wildman–Crippen MR) is 177 cm³/mol. The van der Waals surface area contributed by atoms with E-state index in [0.29, 0.717) is 55.0 Å². The third-order valence-corrected chi connectivity index (χ3v) is 7.61. The number of aromatic nitrogens is 4. The van der Waals surface area contributed by atoms with Crippen LogP contribution in [0, 0.1) is 20.2 Å². The van der Waals surface area contributed by atoms with E-state index in [2.05, 4.69) is 23.8 Å². The van der Waals surface area contributed by atoms with Gasteiger partial charge in [0.15, 0.2) is 0 Å². The molecule has 0 aliphatic carbocycles. The minimum atomic E-state index is -0.408. The summed E-state index contributed by atoms with van der Waals surface area (Å²) in [5.74, 6) is 0. The van der Waals surface area contributed by atoms with Gasteiger partial charge in [-0.2, -0.15) is 0 Å². The van der Waals surface area contributed by atoms with Gasteiger partial charge in [-0.25, -0.2) is 9.97 Å². The zero-order valence-electron chi connectivity index (χ0n) is 24.7. The molecule has 0 aliphatic heterocycles. The number of nitro benzene ring substituents is 2. The Morgan fingerprint density at radius 1 is 0.578 bits per heavy atom. The Bertz CT molecular complexity index is 2100. The first-order valence-electron chi connectivity index (χ1n) is 14.7. The number of nitrogens with zero attached hydrogens (tertiary/aromatic N) is 6. The van der Waals surface area contributed by atoms with E-state index in [1.54, 1.807) is 36.7 Å². The van der Waals surface area contributed by atoms with Crippen LogP contribution in [0.5, 0.6) is 0 Å². The van der Waals surface area contributed by atoms with Crippen LogP contribution in [-0.4, -0.2) is 29.8 Å². The van der Waals surface area contributed by atoms with E-state index in [1.807, 2.05) is 48.5 Å². The Morgan fingerprint density at radius 3 is 1.44 bits per heavy atom. The molecule has 10 nitrogen and oxygen atoms in total. The lowest BCUT2D eigenvalue weighted by molar-refractivity contribution is -0.383. The third kappa shape index (κ3) is 5.61. The first kappa shape index (κ1) is 29.2. The van der Waals surface area contributed by atoms with E-state index in [9.17, 15) is 20.2 Å². The van der Waals surface area contributed by atoms with Crippen LogP contribution in [0.2, 0.25) is 0 Å². The van der Waals surface area contributed by atoms with Crippen LogP contribution >= 0.6 is 0 Å². The van der Waals surface area contributed by atoms with Gasteiger partial charge in [-0.1, -0.05) is 63.4 Å². The molecule has 4 heterocycles. The molecule has 222 valence electrons. The van der Waals surface area contributed by atoms with Crippen LogP contribution in [0.25, 0.3) is 66.1 Å². The monoisotopic (exact) mass is 596 g/mol. The van der Waals surface area contributed by atoms with Gasteiger partial charge in [0.25, 0.3) is 11.4 Å². The van der Waals surface area contributed by atoms with E-state index < -0.39 is 9.85 Å². The second-order valence-electron chi connectivity index (χ2n) is 10.6. The Labute approximate surface area is 257 Å². The maximum atomic E-state index is 11.6. The summed E-state index contributed by atoms with van der Waals surface area (Å²) in [5.41, 5.74) is 5.08. The molecule has 45 heavy (non-hydrogen) atoms. The van der Waals surface area contributed by atoms with Crippen molar-refractivity contribution in [2.45, 2.75) is 33.1 Å². The first-order chi connectivity index (χ1) is 21.9. The smallest absolute Gasteiger partial charge is 0.258 e. The maximum absolute atomic E-state index is 11.6. The van der Waals surface area contributed by atoms with E-state index in [-0.39, 0.29) is 11.4 Å². The summed E-state index contributed by atoms with van der Waals surface area (Å²) >= 11 is 0. The van der Waals surface area contributed by atoms with E-state index in [4.69, 9.17) is 9.97 Å². The molecule has 0 saturated heterocycles. The fourth-order valence-corrected chi connectivity index (χ4v) is 5.42. The van der Waals surface area contributed by atoms with Gasteiger partial charge in [0.05, 0.1) is 43.0 Å². The molecule has 0 bridgehead atoms. The van der Waals surface area contributed by atoms with Gasteiger partial charge in [0.1, 0.15) is 11.0 Å². The number of benzene rings is 3. The molecule has 0 unspecified atom stereocenters. The van der Waals surface area contributed by atoms with Crippen molar-refractivity contribution < 1.29 is 9.85 Å². The Morgan fingerprint density at radius 2 is 1.04 bits per heavy atom. The summed E-state index contributed by atoms with van der Waals surface area (Å²) < 4.78 is 0. The van der Waals surface area contributed by atoms with Gasteiger partial charge in [0, 0.05) is 46.4 Å². The molecule has 7 aromatic rings. The van der Waals surface area contributed by atoms with Crippen LogP contribution in [-0.2, 0) is 0 Å². The van der Waals surface area contributed by atoms with Gasteiger partial charge >= 0.3 is 0 Å². The van der Waals surface area contributed by atoms with Crippen LogP contribution in [0.15, 0.2) is 97.3 Å². The fourth-order valence-electron chi connectivity index (χ4n) is 5.42. The van der Waals surface area contributed by atoms with Gasteiger partial charge < -0.3 is 0 Å². The first-order valence-corrected chi connectivity index (χ1v) is 14.7. The molecule has 0 fully saturated rings. The Kier molecular flexibility index (Phi) is 8.03. The number of pyridine rings is 4. The van der Waals surface area contributed by atoms with Crippen molar-refractivity contribution in [2.75, 3.05) is 0 Å². The fraction of sp³-hybridized carbons (Fsp3) is 0.143. The highest BCUT2D eigenvalue weighted by Crippen LogP contribution is 2.35. The van der Waals surface area contributed by atoms with Crippen molar-refractivity contribution in [1.29, 1.82) is 0 Å². The molecule has 3 aromatic carbocycles. The number of nitro groups is 2. The molecule has 0 N–H and O–H groups in total. The highest BCUT2D eigenvalue weighted by Gasteiger charge is 2.19. The zero-order chi connectivity index (χ0) is 31.5. The lowest BCUT2D eigenvalue weighted by Crippen LogP contribution is -1.95. The standard InChI is InChI=1S/C30H16N6O4.C5H12/c37-35(38)25-15-19-8-10-23(33-27(19)29-21(25)6-2-12-31-29)17-4-1-5-18(14-17)24-11-9-20-16-26(36(39)40)22-7-3-13-32-30(22)28(20)34-24;1-3-5-4-2/h1-16H;3-5H2,1-2H3. The number of rotatable bonds is 6. The van der Waals surface area contributed by atoms with Crippen LogP contribution in [0.4, 0.5) is 11.4 Å². The highest BCUT2D eigenvalue weighted by molar-refractivity contribution is 6.09. The van der Waals surface area contributed by atoms with Crippen LogP contribution in [0.1, 0.15) is 33.1 Å².